The van der Waals surface area contributed by atoms with Gasteiger partial charge in [-0.15, -0.1) is 0 Å². The Bertz CT molecular complexity index is 1270. The minimum Gasteiger partial charge on any atom is -0.264 e. The first-order valence-electron chi connectivity index (χ1n) is 14.8. The van der Waals surface area contributed by atoms with Crippen LogP contribution in [0.5, 0.6) is 0 Å². The minimum atomic E-state index is -3.96. The third-order valence-electron chi connectivity index (χ3n) is 10.3. The quantitative estimate of drug-likeness (QED) is 0.318. The summed E-state index contributed by atoms with van der Waals surface area (Å²) in [6.07, 6.45) is 9.87. The smallest absolute Gasteiger partial charge is 0.264 e. The molecule has 3 aliphatic rings. The third-order valence-corrected chi connectivity index (χ3v) is 11.4. The molecule has 0 radical (unpaired) electrons. The summed E-state index contributed by atoms with van der Waals surface area (Å²) in [6, 6.07) is 15.2. The molecule has 5 heteroatoms. The molecule has 2 aromatic rings. The van der Waals surface area contributed by atoms with E-state index in [0.29, 0.717) is 23.2 Å². The highest BCUT2D eigenvalue weighted by atomic mass is 32.2. The van der Waals surface area contributed by atoms with Crippen molar-refractivity contribution in [2.75, 3.05) is 0 Å². The number of rotatable bonds is 8. The van der Waals surface area contributed by atoms with Gasteiger partial charge in [0, 0.05) is 5.56 Å². The van der Waals surface area contributed by atoms with E-state index in [1.807, 2.05) is 13.0 Å². The van der Waals surface area contributed by atoms with Gasteiger partial charge >= 0.3 is 10.1 Å². The second-order valence-corrected chi connectivity index (χ2v) is 14.6. The van der Waals surface area contributed by atoms with Gasteiger partial charge in [-0.2, -0.15) is 8.42 Å². The first-order chi connectivity index (χ1) is 18.1. The van der Waals surface area contributed by atoms with Gasteiger partial charge in [-0.05, 0) is 97.6 Å². The average molecular weight is 536 g/mol. The van der Waals surface area contributed by atoms with Crippen LogP contribution in [-0.2, 0) is 14.4 Å². The van der Waals surface area contributed by atoms with Gasteiger partial charge in [-0.3, -0.25) is 4.28 Å². The van der Waals surface area contributed by atoms with Crippen molar-refractivity contribution in [3.63, 3.8) is 0 Å². The van der Waals surface area contributed by atoms with Crippen LogP contribution in [0.4, 0.5) is 0 Å². The lowest BCUT2D eigenvalue weighted by Gasteiger charge is -2.52. The van der Waals surface area contributed by atoms with E-state index in [9.17, 15) is 8.42 Å². The van der Waals surface area contributed by atoms with Crippen molar-refractivity contribution in [1.29, 1.82) is 0 Å². The lowest BCUT2D eigenvalue weighted by Crippen LogP contribution is -2.44. The first kappa shape index (κ1) is 27.4. The topological polar surface area (TPSA) is 55.7 Å². The normalized spacial score (nSPS) is 30.5. The fraction of sp³-hybridized carbons (Fsp3) is 0.606. The van der Waals surface area contributed by atoms with Crippen molar-refractivity contribution in [1.82, 2.24) is 0 Å². The van der Waals surface area contributed by atoms with E-state index in [-0.39, 0.29) is 4.90 Å². The monoisotopic (exact) mass is 535 g/mol. The first-order valence-corrected chi connectivity index (χ1v) is 16.2. The number of aryl methyl sites for hydroxylation is 1. The Hall–Kier alpha value is -2.14. The number of benzene rings is 2. The molecule has 0 unspecified atom stereocenters. The van der Waals surface area contributed by atoms with Gasteiger partial charge in [0.15, 0.2) is 0 Å². The fourth-order valence-corrected chi connectivity index (χ4v) is 9.07. The Morgan fingerprint density at radius 1 is 1.00 bits per heavy atom. The molecule has 0 amide bonds. The summed E-state index contributed by atoms with van der Waals surface area (Å²) >= 11 is 0. The SMILES string of the molecule is Cc1ccc(S(=O)(=O)ON=C2C[C@@H]3[C@H](CC[C@]4(C)[C@@H]([C@H](C)CCCC(C)C)CC[C@@H]34)c3ccccc32)cc1. The molecule has 2 fully saturated rings. The Morgan fingerprint density at radius 3 is 2.47 bits per heavy atom. The zero-order chi connectivity index (χ0) is 27.1. The summed E-state index contributed by atoms with van der Waals surface area (Å²) in [5.74, 6) is 3.96. The number of hydrogen-bond donors (Lipinski definition) is 0. The lowest BCUT2D eigenvalue weighted by molar-refractivity contribution is 0.0170. The van der Waals surface area contributed by atoms with Crippen LogP contribution in [0.1, 0.15) is 102 Å². The van der Waals surface area contributed by atoms with E-state index in [0.717, 1.165) is 41.0 Å². The number of fused-ring (bicyclic) bond motifs is 5. The highest BCUT2D eigenvalue weighted by Gasteiger charge is 2.56. The summed E-state index contributed by atoms with van der Waals surface area (Å²) in [5.41, 5.74) is 4.54. The van der Waals surface area contributed by atoms with E-state index in [2.05, 4.69) is 51.0 Å². The van der Waals surface area contributed by atoms with Gasteiger partial charge in [0.1, 0.15) is 4.90 Å². The van der Waals surface area contributed by atoms with Gasteiger partial charge in [0.2, 0.25) is 0 Å². The van der Waals surface area contributed by atoms with E-state index >= 15 is 0 Å². The van der Waals surface area contributed by atoms with E-state index in [4.69, 9.17) is 4.28 Å². The second kappa shape index (κ2) is 10.8. The number of hydrogen-bond acceptors (Lipinski definition) is 4. The second-order valence-electron chi connectivity index (χ2n) is 13.1. The summed E-state index contributed by atoms with van der Waals surface area (Å²) in [4.78, 5) is 0.143. The summed E-state index contributed by atoms with van der Waals surface area (Å²) in [7, 11) is -3.96. The third kappa shape index (κ3) is 5.20. The van der Waals surface area contributed by atoms with Crippen molar-refractivity contribution < 1.29 is 12.7 Å². The Balaban J connectivity index is 1.40. The van der Waals surface area contributed by atoms with E-state index in [1.165, 1.54) is 50.5 Å². The van der Waals surface area contributed by atoms with Gasteiger partial charge in [-0.1, -0.05) is 94.1 Å². The van der Waals surface area contributed by atoms with Crippen LogP contribution in [0, 0.1) is 41.9 Å². The van der Waals surface area contributed by atoms with Crippen LogP contribution >= 0.6 is 0 Å². The molecule has 0 aromatic heterocycles. The zero-order valence-electron chi connectivity index (χ0n) is 23.8. The predicted molar refractivity (Wildman–Crippen MR) is 155 cm³/mol. The molecule has 4 nitrogen and oxygen atoms in total. The van der Waals surface area contributed by atoms with Crippen molar-refractivity contribution in [3.8, 4) is 0 Å². The highest BCUT2D eigenvalue weighted by molar-refractivity contribution is 7.86. The molecule has 6 atom stereocenters. The van der Waals surface area contributed by atoms with E-state index < -0.39 is 10.1 Å². The maximum atomic E-state index is 12.9. The molecule has 2 aromatic carbocycles. The Morgan fingerprint density at radius 2 is 1.74 bits per heavy atom. The molecule has 0 bridgehead atoms. The van der Waals surface area contributed by atoms with Crippen molar-refractivity contribution in [3.05, 3.63) is 65.2 Å². The maximum Gasteiger partial charge on any atom is 0.358 e. The average Bonchev–Trinajstić information content (AvgIpc) is 3.25. The standard InChI is InChI=1S/C33H45NO3S/c1-22(2)9-8-10-24(4)30-17-18-31-29-21-32(34-37-38(35,36)25-15-13-23(3)14-16-25)28-12-7-6-11-26(28)27(29)19-20-33(30,31)5/h6-7,11-16,22,24,27,29-31H,8-10,17-21H2,1-5H3/t24-,27-,29-,30-,31+,33-/m1/s1. The Labute approximate surface area is 230 Å². The van der Waals surface area contributed by atoms with Gasteiger partial charge in [0.25, 0.3) is 0 Å². The number of oxime groups is 1. The van der Waals surface area contributed by atoms with Crippen LogP contribution in [0.2, 0.25) is 0 Å². The van der Waals surface area contributed by atoms with Crippen LogP contribution < -0.4 is 0 Å². The van der Waals surface area contributed by atoms with Crippen LogP contribution in [0.25, 0.3) is 0 Å². The molecule has 0 N–H and O–H groups in total. The summed E-state index contributed by atoms with van der Waals surface area (Å²) < 4.78 is 31.2. The molecule has 0 spiro atoms. The van der Waals surface area contributed by atoms with Gasteiger partial charge in [0.05, 0.1) is 5.71 Å². The fourth-order valence-electron chi connectivity index (χ4n) is 8.33. The van der Waals surface area contributed by atoms with E-state index in [1.54, 1.807) is 24.3 Å². The van der Waals surface area contributed by atoms with Crippen LogP contribution in [0.3, 0.4) is 0 Å². The molecule has 2 saturated carbocycles. The minimum absolute atomic E-state index is 0.143. The molecule has 3 aliphatic carbocycles. The van der Waals surface area contributed by atoms with Crippen LogP contribution in [0.15, 0.2) is 58.6 Å². The molecule has 0 saturated heterocycles. The molecular formula is C33H45NO3S. The molecule has 5 rings (SSSR count). The van der Waals surface area contributed by atoms with Crippen LogP contribution in [-0.4, -0.2) is 14.1 Å². The highest BCUT2D eigenvalue weighted by Crippen LogP contribution is 2.64. The zero-order valence-corrected chi connectivity index (χ0v) is 24.6. The van der Waals surface area contributed by atoms with Gasteiger partial charge in [-0.25, -0.2) is 0 Å². The van der Waals surface area contributed by atoms with Crippen molar-refractivity contribution in [2.45, 2.75) is 96.8 Å². The molecule has 38 heavy (non-hydrogen) atoms. The van der Waals surface area contributed by atoms with Crippen molar-refractivity contribution in [2.24, 2.45) is 40.2 Å². The molecule has 206 valence electrons. The molecule has 0 heterocycles. The summed E-state index contributed by atoms with van der Waals surface area (Å²) in [6.45, 7) is 11.7. The molecular weight excluding hydrogens is 490 g/mol. The lowest BCUT2D eigenvalue weighted by atomic mass is 9.53. The largest absolute Gasteiger partial charge is 0.358 e. The number of nitrogens with zero attached hydrogens (tertiary/aromatic N) is 1. The Kier molecular flexibility index (Phi) is 7.79. The summed E-state index contributed by atoms with van der Waals surface area (Å²) in [5, 5.41) is 4.36. The van der Waals surface area contributed by atoms with Crippen molar-refractivity contribution >= 4 is 15.8 Å². The molecule has 0 aliphatic heterocycles. The van der Waals surface area contributed by atoms with Gasteiger partial charge < -0.3 is 0 Å². The predicted octanol–water partition coefficient (Wildman–Crippen LogP) is 8.50. The maximum absolute atomic E-state index is 12.9.